The van der Waals surface area contributed by atoms with Crippen molar-refractivity contribution in [2.45, 2.75) is 27.7 Å². The fourth-order valence-corrected chi connectivity index (χ4v) is 4.40. The zero-order chi connectivity index (χ0) is 23.0. The number of carbonyl (C=O) groups is 2. The number of anilines is 1. The highest BCUT2D eigenvalue weighted by molar-refractivity contribution is 6.45. The minimum absolute atomic E-state index is 0.120. The second-order valence-corrected chi connectivity index (χ2v) is 8.79. The first kappa shape index (κ1) is 22.2. The third-order valence-electron chi connectivity index (χ3n) is 6.71. The van der Waals surface area contributed by atoms with E-state index in [2.05, 4.69) is 4.90 Å². The van der Waals surface area contributed by atoms with E-state index in [-0.39, 0.29) is 18.4 Å². The molecular weight excluding hydrogens is 402 g/mol. The molecule has 2 aliphatic heterocycles. The zero-order valence-electron chi connectivity index (χ0n) is 19.3. The van der Waals surface area contributed by atoms with E-state index in [1.165, 1.54) is 4.90 Å². The van der Waals surface area contributed by atoms with Gasteiger partial charge in [0.2, 0.25) is 0 Å². The zero-order valence-corrected chi connectivity index (χ0v) is 19.3. The predicted octanol–water partition coefficient (Wildman–Crippen LogP) is 2.81. The maximum Gasteiger partial charge on any atom is 0.282 e. The molecule has 2 aromatic rings. The second kappa shape index (κ2) is 8.88. The number of hydrogen-bond donors (Lipinski definition) is 1. The standard InChI is InChI=1S/C26H31N3O3/c1-17-5-7-21(15-19(17)3)23-24(28-11-9-27(10-12-28)13-14-30)26(32)29(25(23)31)22-8-6-18(2)20(4)16-22/h5-8,15-16,30H,9-14H2,1-4H3. The third-order valence-corrected chi connectivity index (χ3v) is 6.71. The summed E-state index contributed by atoms with van der Waals surface area (Å²) >= 11 is 0. The Morgan fingerprint density at radius 3 is 2.00 bits per heavy atom. The minimum Gasteiger partial charge on any atom is -0.395 e. The highest BCUT2D eigenvalue weighted by Gasteiger charge is 2.43. The molecule has 0 aliphatic carbocycles. The number of imide groups is 1. The van der Waals surface area contributed by atoms with Crippen molar-refractivity contribution < 1.29 is 14.7 Å². The van der Waals surface area contributed by atoms with Crippen molar-refractivity contribution in [2.75, 3.05) is 44.2 Å². The van der Waals surface area contributed by atoms with E-state index in [0.29, 0.717) is 36.6 Å². The van der Waals surface area contributed by atoms with Gasteiger partial charge in [-0.15, -0.1) is 0 Å². The molecular formula is C26H31N3O3. The Balaban J connectivity index is 1.77. The van der Waals surface area contributed by atoms with Gasteiger partial charge in [0.1, 0.15) is 5.70 Å². The average Bonchev–Trinajstić information content (AvgIpc) is 3.03. The van der Waals surface area contributed by atoms with Gasteiger partial charge in [-0.05, 0) is 67.6 Å². The van der Waals surface area contributed by atoms with E-state index in [1.807, 2.05) is 69.0 Å². The molecule has 168 valence electrons. The number of piperazine rings is 1. The summed E-state index contributed by atoms with van der Waals surface area (Å²) in [6.45, 7) is 11.6. The number of nitrogens with zero attached hydrogens (tertiary/aromatic N) is 3. The van der Waals surface area contributed by atoms with Crippen LogP contribution in [0.5, 0.6) is 0 Å². The SMILES string of the molecule is Cc1ccc(C2=C(N3CCN(CCO)CC3)C(=O)N(c3ccc(C)c(C)c3)C2=O)cc1C. The molecule has 0 atom stereocenters. The second-order valence-electron chi connectivity index (χ2n) is 8.79. The smallest absolute Gasteiger partial charge is 0.282 e. The quantitative estimate of drug-likeness (QED) is 0.735. The van der Waals surface area contributed by atoms with Gasteiger partial charge in [-0.1, -0.05) is 24.3 Å². The molecule has 2 amide bonds. The van der Waals surface area contributed by atoms with Crippen molar-refractivity contribution in [1.29, 1.82) is 0 Å². The van der Waals surface area contributed by atoms with Crippen molar-refractivity contribution in [3.05, 3.63) is 69.9 Å². The lowest BCUT2D eigenvalue weighted by Gasteiger charge is -2.36. The van der Waals surface area contributed by atoms with Gasteiger partial charge in [-0.2, -0.15) is 0 Å². The van der Waals surface area contributed by atoms with Crippen molar-refractivity contribution in [3.8, 4) is 0 Å². The number of hydrogen-bond acceptors (Lipinski definition) is 5. The molecule has 0 radical (unpaired) electrons. The van der Waals surface area contributed by atoms with Gasteiger partial charge >= 0.3 is 0 Å². The number of β-amino-alcohol motifs (C(OH)–C–C–N with tert-alkyl or cyclic N) is 1. The molecule has 2 heterocycles. The third kappa shape index (κ3) is 3.96. The summed E-state index contributed by atoms with van der Waals surface area (Å²) in [6, 6.07) is 11.7. The highest BCUT2D eigenvalue weighted by atomic mass is 16.3. The summed E-state index contributed by atoms with van der Waals surface area (Å²) in [5, 5.41) is 9.24. The minimum atomic E-state index is -0.269. The molecule has 1 fully saturated rings. The Kier molecular flexibility index (Phi) is 6.17. The first-order valence-corrected chi connectivity index (χ1v) is 11.2. The monoisotopic (exact) mass is 433 g/mol. The van der Waals surface area contributed by atoms with Crippen molar-refractivity contribution in [3.63, 3.8) is 0 Å². The molecule has 4 rings (SSSR count). The van der Waals surface area contributed by atoms with E-state index >= 15 is 0 Å². The molecule has 0 saturated carbocycles. The lowest BCUT2D eigenvalue weighted by molar-refractivity contribution is -0.120. The van der Waals surface area contributed by atoms with Gasteiger partial charge in [0, 0.05) is 32.7 Å². The van der Waals surface area contributed by atoms with Crippen LogP contribution in [0.25, 0.3) is 5.57 Å². The van der Waals surface area contributed by atoms with E-state index in [1.54, 1.807) is 0 Å². The summed E-state index contributed by atoms with van der Waals surface area (Å²) in [5.41, 5.74) is 6.76. The number of amides is 2. The lowest BCUT2D eigenvalue weighted by Crippen LogP contribution is -2.48. The normalized spacial score (nSPS) is 17.7. The van der Waals surface area contributed by atoms with Crippen LogP contribution in [0, 0.1) is 27.7 Å². The first-order chi connectivity index (χ1) is 15.3. The van der Waals surface area contributed by atoms with Crippen LogP contribution in [0.1, 0.15) is 27.8 Å². The molecule has 0 unspecified atom stereocenters. The number of carbonyl (C=O) groups excluding carboxylic acids is 2. The molecule has 2 aromatic carbocycles. The Hall–Kier alpha value is -2.96. The van der Waals surface area contributed by atoms with Crippen LogP contribution < -0.4 is 4.90 Å². The number of rotatable bonds is 5. The van der Waals surface area contributed by atoms with Gasteiger partial charge < -0.3 is 10.0 Å². The summed E-state index contributed by atoms with van der Waals surface area (Å²) < 4.78 is 0. The van der Waals surface area contributed by atoms with Crippen LogP contribution in [0.15, 0.2) is 42.1 Å². The number of aliphatic hydroxyl groups excluding tert-OH is 1. The summed E-state index contributed by atoms with van der Waals surface area (Å²) in [5.74, 6) is -0.531. The highest BCUT2D eigenvalue weighted by Crippen LogP contribution is 2.36. The molecule has 0 aromatic heterocycles. The van der Waals surface area contributed by atoms with Crippen molar-refractivity contribution >= 4 is 23.1 Å². The van der Waals surface area contributed by atoms with Crippen LogP contribution >= 0.6 is 0 Å². The van der Waals surface area contributed by atoms with Crippen LogP contribution in [-0.2, 0) is 9.59 Å². The van der Waals surface area contributed by atoms with E-state index < -0.39 is 0 Å². The summed E-state index contributed by atoms with van der Waals surface area (Å²) in [7, 11) is 0. The molecule has 1 N–H and O–H groups in total. The molecule has 6 nitrogen and oxygen atoms in total. The fourth-order valence-electron chi connectivity index (χ4n) is 4.40. The molecule has 2 aliphatic rings. The maximum atomic E-state index is 13.7. The van der Waals surface area contributed by atoms with Gasteiger partial charge in [0.25, 0.3) is 11.8 Å². The fraction of sp³-hybridized carbons (Fsp3) is 0.385. The Labute approximate surface area is 189 Å². The number of aliphatic hydroxyl groups is 1. The molecule has 1 saturated heterocycles. The van der Waals surface area contributed by atoms with Crippen LogP contribution in [0.3, 0.4) is 0 Å². The lowest BCUT2D eigenvalue weighted by atomic mass is 9.99. The van der Waals surface area contributed by atoms with Gasteiger partial charge in [-0.3, -0.25) is 14.5 Å². The first-order valence-electron chi connectivity index (χ1n) is 11.2. The van der Waals surface area contributed by atoms with Crippen molar-refractivity contribution in [1.82, 2.24) is 9.80 Å². The van der Waals surface area contributed by atoms with Gasteiger partial charge in [-0.25, -0.2) is 4.90 Å². The van der Waals surface area contributed by atoms with E-state index in [9.17, 15) is 14.7 Å². The van der Waals surface area contributed by atoms with Crippen LogP contribution in [0.2, 0.25) is 0 Å². The van der Waals surface area contributed by atoms with Crippen LogP contribution in [-0.4, -0.2) is 66.1 Å². The van der Waals surface area contributed by atoms with Gasteiger partial charge in [0.15, 0.2) is 0 Å². The Bertz CT molecular complexity index is 1100. The molecule has 32 heavy (non-hydrogen) atoms. The van der Waals surface area contributed by atoms with E-state index in [4.69, 9.17) is 0 Å². The molecule has 6 heteroatoms. The number of benzene rings is 2. The maximum absolute atomic E-state index is 13.7. The average molecular weight is 434 g/mol. The largest absolute Gasteiger partial charge is 0.395 e. The molecule has 0 spiro atoms. The summed E-state index contributed by atoms with van der Waals surface area (Å²) in [6.07, 6.45) is 0. The van der Waals surface area contributed by atoms with Crippen molar-refractivity contribution in [2.24, 2.45) is 0 Å². The van der Waals surface area contributed by atoms with Crippen LogP contribution in [0.4, 0.5) is 5.69 Å². The topological polar surface area (TPSA) is 64.1 Å². The van der Waals surface area contributed by atoms with Gasteiger partial charge in [0.05, 0.1) is 17.9 Å². The Morgan fingerprint density at radius 1 is 0.781 bits per heavy atom. The molecule has 0 bridgehead atoms. The Morgan fingerprint density at radius 2 is 1.41 bits per heavy atom. The number of aryl methyl sites for hydroxylation is 4. The predicted molar refractivity (Wildman–Crippen MR) is 126 cm³/mol. The van der Waals surface area contributed by atoms with E-state index in [0.717, 1.165) is 40.9 Å². The summed E-state index contributed by atoms with van der Waals surface area (Å²) in [4.78, 5) is 33.0.